The van der Waals surface area contributed by atoms with Crippen LogP contribution in [-0.2, 0) is 11.4 Å². The topological polar surface area (TPSA) is 68.7 Å². The van der Waals surface area contributed by atoms with Crippen molar-refractivity contribution in [2.75, 3.05) is 7.11 Å². The molecule has 0 radical (unpaired) electrons. The van der Waals surface area contributed by atoms with E-state index in [9.17, 15) is 9.90 Å². The van der Waals surface area contributed by atoms with Crippen molar-refractivity contribution < 1.29 is 19.4 Å². The third-order valence-electron chi connectivity index (χ3n) is 3.83. The van der Waals surface area contributed by atoms with E-state index in [1.54, 1.807) is 31.5 Å². The number of aromatic nitrogens is 1. The molecule has 0 saturated carbocycles. The molecule has 0 aliphatic carbocycles. The van der Waals surface area contributed by atoms with E-state index in [-0.39, 0.29) is 0 Å². The maximum atomic E-state index is 11.4. The van der Waals surface area contributed by atoms with Gasteiger partial charge in [-0.15, -0.1) is 11.3 Å². The number of aliphatic carboxylic acids is 1. The predicted octanol–water partition coefficient (Wildman–Crippen LogP) is 4.56. The number of thiazole rings is 1. The normalized spacial score (nSPS) is 11.3. The Morgan fingerprint density at radius 1 is 1.22 bits per heavy atom. The molecule has 0 spiro atoms. The Kier molecular flexibility index (Phi) is 5.88. The highest BCUT2D eigenvalue weighted by Gasteiger charge is 2.17. The third kappa shape index (κ3) is 4.74. The first kappa shape index (κ1) is 18.7. The van der Waals surface area contributed by atoms with Crippen LogP contribution in [0.1, 0.15) is 21.0 Å². The number of ether oxygens (including phenoxy) is 2. The standard InChI is InChI=1S/C21H19NO4S/c1-14-12-22-21(27-14)18(11-20(23)24)17-10-16(8-9-19(17)25-2)26-13-15-6-4-3-5-7-15/h3-12H,13H2,1-2H3,(H,23,24)/b18-11-. The van der Waals surface area contributed by atoms with E-state index in [0.29, 0.717) is 34.3 Å². The Morgan fingerprint density at radius 3 is 2.63 bits per heavy atom. The third-order valence-corrected chi connectivity index (χ3v) is 4.77. The van der Waals surface area contributed by atoms with Gasteiger partial charge in [-0.3, -0.25) is 0 Å². The van der Waals surface area contributed by atoms with Crippen LogP contribution in [0.2, 0.25) is 0 Å². The first-order chi connectivity index (χ1) is 13.1. The maximum Gasteiger partial charge on any atom is 0.329 e. The molecule has 0 aliphatic rings. The fourth-order valence-electron chi connectivity index (χ4n) is 2.59. The number of hydrogen-bond acceptors (Lipinski definition) is 5. The van der Waals surface area contributed by atoms with E-state index in [1.165, 1.54) is 11.3 Å². The SMILES string of the molecule is COc1ccc(OCc2ccccc2)cc1/C(=C/C(=O)O)c1ncc(C)s1. The minimum atomic E-state index is -1.05. The molecule has 1 heterocycles. The predicted molar refractivity (Wildman–Crippen MR) is 105 cm³/mol. The zero-order valence-electron chi connectivity index (χ0n) is 15.0. The zero-order valence-corrected chi connectivity index (χ0v) is 15.8. The molecule has 0 atom stereocenters. The molecule has 0 bridgehead atoms. The molecule has 3 rings (SSSR count). The molecule has 5 nitrogen and oxygen atoms in total. The van der Waals surface area contributed by atoms with Crippen molar-refractivity contribution in [3.63, 3.8) is 0 Å². The highest BCUT2D eigenvalue weighted by Crippen LogP contribution is 2.35. The molecular formula is C21H19NO4S. The van der Waals surface area contributed by atoms with Crippen LogP contribution in [0.4, 0.5) is 0 Å². The fraction of sp³-hybridized carbons (Fsp3) is 0.143. The molecule has 6 heteroatoms. The molecule has 0 unspecified atom stereocenters. The average molecular weight is 381 g/mol. The van der Waals surface area contributed by atoms with Gasteiger partial charge in [0.05, 0.1) is 7.11 Å². The molecule has 1 N–H and O–H groups in total. The van der Waals surface area contributed by atoms with Gasteiger partial charge < -0.3 is 14.6 Å². The van der Waals surface area contributed by atoms with E-state index in [2.05, 4.69) is 4.98 Å². The molecule has 0 saturated heterocycles. The lowest BCUT2D eigenvalue weighted by Crippen LogP contribution is -2.00. The summed E-state index contributed by atoms with van der Waals surface area (Å²) >= 11 is 1.43. The van der Waals surface area contributed by atoms with Gasteiger partial charge in [-0.05, 0) is 30.7 Å². The first-order valence-electron chi connectivity index (χ1n) is 8.29. The number of aryl methyl sites for hydroxylation is 1. The number of methoxy groups -OCH3 is 1. The quantitative estimate of drug-likeness (QED) is 0.608. The van der Waals surface area contributed by atoms with Gasteiger partial charge in [0, 0.05) is 28.3 Å². The van der Waals surface area contributed by atoms with E-state index in [0.717, 1.165) is 16.5 Å². The Bertz CT molecular complexity index is 963. The second-order valence-corrected chi connectivity index (χ2v) is 7.04. The van der Waals surface area contributed by atoms with Gasteiger partial charge >= 0.3 is 5.97 Å². The van der Waals surface area contributed by atoms with E-state index in [1.807, 2.05) is 37.3 Å². The van der Waals surface area contributed by atoms with Crippen LogP contribution in [0.15, 0.2) is 60.8 Å². The second kappa shape index (κ2) is 8.51. The van der Waals surface area contributed by atoms with Crippen LogP contribution >= 0.6 is 11.3 Å². The summed E-state index contributed by atoms with van der Waals surface area (Å²) < 4.78 is 11.3. The highest BCUT2D eigenvalue weighted by molar-refractivity contribution is 7.12. The lowest BCUT2D eigenvalue weighted by Gasteiger charge is -2.13. The van der Waals surface area contributed by atoms with Gasteiger partial charge in [0.1, 0.15) is 23.1 Å². The van der Waals surface area contributed by atoms with Crippen molar-refractivity contribution in [2.45, 2.75) is 13.5 Å². The summed E-state index contributed by atoms with van der Waals surface area (Å²) in [7, 11) is 1.55. The summed E-state index contributed by atoms with van der Waals surface area (Å²) in [5.74, 6) is 0.136. The number of hydrogen-bond donors (Lipinski definition) is 1. The summed E-state index contributed by atoms with van der Waals surface area (Å²) in [6.07, 6.45) is 2.87. The molecule has 3 aromatic rings. The van der Waals surface area contributed by atoms with E-state index < -0.39 is 5.97 Å². The monoisotopic (exact) mass is 381 g/mol. The van der Waals surface area contributed by atoms with Crippen molar-refractivity contribution in [3.8, 4) is 11.5 Å². The summed E-state index contributed by atoms with van der Waals surface area (Å²) in [6, 6.07) is 15.2. The molecule has 2 aromatic carbocycles. The van der Waals surface area contributed by atoms with Gasteiger partial charge in [-0.2, -0.15) is 0 Å². The fourth-order valence-corrected chi connectivity index (χ4v) is 3.38. The van der Waals surface area contributed by atoms with Crippen LogP contribution in [0.3, 0.4) is 0 Å². The summed E-state index contributed by atoms with van der Waals surface area (Å²) in [6.45, 7) is 2.34. The highest BCUT2D eigenvalue weighted by atomic mass is 32.1. The van der Waals surface area contributed by atoms with Gasteiger partial charge in [-0.25, -0.2) is 9.78 Å². The molecule has 0 fully saturated rings. The van der Waals surface area contributed by atoms with Crippen molar-refractivity contribution in [3.05, 3.63) is 81.8 Å². The second-order valence-electron chi connectivity index (χ2n) is 5.81. The minimum absolute atomic E-state index is 0.418. The number of carbonyl (C=O) groups is 1. The number of benzene rings is 2. The maximum absolute atomic E-state index is 11.4. The molecule has 27 heavy (non-hydrogen) atoms. The molecule has 138 valence electrons. The largest absolute Gasteiger partial charge is 0.496 e. The van der Waals surface area contributed by atoms with Crippen LogP contribution < -0.4 is 9.47 Å². The van der Waals surface area contributed by atoms with Crippen LogP contribution in [0.25, 0.3) is 5.57 Å². The minimum Gasteiger partial charge on any atom is -0.496 e. The van der Waals surface area contributed by atoms with E-state index in [4.69, 9.17) is 9.47 Å². The van der Waals surface area contributed by atoms with Crippen LogP contribution in [-0.4, -0.2) is 23.2 Å². The van der Waals surface area contributed by atoms with Gasteiger partial charge in [0.15, 0.2) is 0 Å². The van der Waals surface area contributed by atoms with Crippen molar-refractivity contribution in [2.24, 2.45) is 0 Å². The Labute approximate surface area is 161 Å². The van der Waals surface area contributed by atoms with Crippen LogP contribution in [0, 0.1) is 6.92 Å². The van der Waals surface area contributed by atoms with Crippen molar-refractivity contribution >= 4 is 22.9 Å². The summed E-state index contributed by atoms with van der Waals surface area (Å²) in [5.41, 5.74) is 2.16. The smallest absolute Gasteiger partial charge is 0.329 e. The van der Waals surface area contributed by atoms with Crippen molar-refractivity contribution in [1.82, 2.24) is 4.98 Å². The van der Waals surface area contributed by atoms with E-state index >= 15 is 0 Å². The first-order valence-corrected chi connectivity index (χ1v) is 9.11. The lowest BCUT2D eigenvalue weighted by atomic mass is 10.0. The van der Waals surface area contributed by atoms with Crippen molar-refractivity contribution in [1.29, 1.82) is 0 Å². The number of carboxylic acid groups (broad SMARTS) is 1. The number of rotatable bonds is 7. The lowest BCUT2D eigenvalue weighted by molar-refractivity contribution is -0.131. The Morgan fingerprint density at radius 2 is 2.00 bits per heavy atom. The Balaban J connectivity index is 1.97. The van der Waals surface area contributed by atoms with Gasteiger partial charge in [-0.1, -0.05) is 30.3 Å². The Hall–Kier alpha value is -3.12. The number of nitrogens with zero attached hydrogens (tertiary/aromatic N) is 1. The molecular weight excluding hydrogens is 362 g/mol. The zero-order chi connectivity index (χ0) is 19.2. The van der Waals surface area contributed by atoms with Gasteiger partial charge in [0.2, 0.25) is 0 Å². The van der Waals surface area contributed by atoms with Gasteiger partial charge in [0.25, 0.3) is 0 Å². The molecule has 0 aliphatic heterocycles. The number of carboxylic acids is 1. The summed E-state index contributed by atoms with van der Waals surface area (Å²) in [5, 5.41) is 9.95. The van der Waals surface area contributed by atoms with Crippen LogP contribution in [0.5, 0.6) is 11.5 Å². The average Bonchev–Trinajstić information content (AvgIpc) is 3.11. The summed E-state index contributed by atoms with van der Waals surface area (Å²) in [4.78, 5) is 16.7. The molecule has 0 amide bonds. The molecule has 1 aromatic heterocycles.